The van der Waals surface area contributed by atoms with Gasteiger partial charge in [0, 0.05) is 24.5 Å². The van der Waals surface area contributed by atoms with Gasteiger partial charge in [-0.15, -0.1) is 0 Å². The molecule has 0 spiro atoms. The van der Waals surface area contributed by atoms with Crippen LogP contribution >= 0.6 is 0 Å². The van der Waals surface area contributed by atoms with E-state index in [4.69, 9.17) is 5.73 Å². The highest BCUT2D eigenvalue weighted by Gasteiger charge is 2.23. The van der Waals surface area contributed by atoms with Gasteiger partial charge in [-0.3, -0.25) is 0 Å². The minimum atomic E-state index is 0.904. The second-order valence-corrected chi connectivity index (χ2v) is 4.52. The molecule has 1 aliphatic carbocycles. The number of benzene rings is 1. The van der Waals surface area contributed by atoms with Crippen LogP contribution < -0.4 is 10.6 Å². The van der Waals surface area contributed by atoms with Gasteiger partial charge in [0.05, 0.1) is 0 Å². The summed E-state index contributed by atoms with van der Waals surface area (Å²) in [7, 11) is 0. The predicted molar refractivity (Wildman–Crippen MR) is 66.2 cm³/mol. The standard InChI is InChI=1S/C13H20N2/c1-3-15(9-11-5-6-11)12-7-4-10(2)13(14)8-12/h4,7-8,11H,3,5-6,9,14H2,1-2H3. The number of nitrogen functional groups attached to an aromatic ring is 1. The number of nitrogens with two attached hydrogens (primary N) is 1. The summed E-state index contributed by atoms with van der Waals surface area (Å²) < 4.78 is 0. The van der Waals surface area contributed by atoms with Gasteiger partial charge in [-0.05, 0) is 50.3 Å². The van der Waals surface area contributed by atoms with Crippen molar-refractivity contribution >= 4 is 11.4 Å². The van der Waals surface area contributed by atoms with Crippen LogP contribution in [-0.4, -0.2) is 13.1 Å². The summed E-state index contributed by atoms with van der Waals surface area (Å²) in [5, 5.41) is 0. The number of hydrogen-bond donors (Lipinski definition) is 1. The number of rotatable bonds is 4. The number of anilines is 2. The molecule has 0 aliphatic heterocycles. The quantitative estimate of drug-likeness (QED) is 0.764. The monoisotopic (exact) mass is 204 g/mol. The van der Waals surface area contributed by atoms with E-state index in [1.54, 1.807) is 0 Å². The average Bonchev–Trinajstić information content (AvgIpc) is 3.02. The molecule has 1 aliphatic rings. The Morgan fingerprint density at radius 2 is 2.13 bits per heavy atom. The molecule has 1 saturated carbocycles. The molecule has 0 aromatic heterocycles. The maximum Gasteiger partial charge on any atom is 0.0387 e. The fourth-order valence-electron chi connectivity index (χ4n) is 1.85. The first-order chi connectivity index (χ1) is 7.20. The highest BCUT2D eigenvalue weighted by Crippen LogP contribution is 2.32. The molecule has 15 heavy (non-hydrogen) atoms. The second-order valence-electron chi connectivity index (χ2n) is 4.52. The molecule has 0 unspecified atom stereocenters. The molecule has 0 heterocycles. The fraction of sp³-hybridized carbons (Fsp3) is 0.538. The molecule has 0 saturated heterocycles. The summed E-state index contributed by atoms with van der Waals surface area (Å²) in [5.74, 6) is 0.924. The summed E-state index contributed by atoms with van der Waals surface area (Å²) in [6.45, 7) is 6.52. The van der Waals surface area contributed by atoms with Crippen LogP contribution in [-0.2, 0) is 0 Å². The number of aryl methyl sites for hydroxylation is 1. The molecular formula is C13H20N2. The summed E-state index contributed by atoms with van der Waals surface area (Å²) in [5.41, 5.74) is 9.28. The van der Waals surface area contributed by atoms with E-state index in [0.29, 0.717) is 0 Å². The van der Waals surface area contributed by atoms with E-state index in [2.05, 4.69) is 36.9 Å². The minimum Gasteiger partial charge on any atom is -0.398 e. The Bertz CT molecular complexity index is 342. The Morgan fingerprint density at radius 3 is 2.67 bits per heavy atom. The maximum absolute atomic E-state index is 5.93. The van der Waals surface area contributed by atoms with Crippen molar-refractivity contribution in [2.75, 3.05) is 23.7 Å². The van der Waals surface area contributed by atoms with E-state index in [1.165, 1.54) is 30.6 Å². The zero-order chi connectivity index (χ0) is 10.8. The molecule has 2 rings (SSSR count). The lowest BCUT2D eigenvalue weighted by atomic mass is 10.1. The van der Waals surface area contributed by atoms with Gasteiger partial charge in [-0.2, -0.15) is 0 Å². The SMILES string of the molecule is CCN(CC1CC1)c1ccc(C)c(N)c1. The molecule has 1 fully saturated rings. The maximum atomic E-state index is 5.93. The van der Waals surface area contributed by atoms with Crippen molar-refractivity contribution in [2.24, 2.45) is 5.92 Å². The van der Waals surface area contributed by atoms with Gasteiger partial charge in [0.15, 0.2) is 0 Å². The Labute approximate surface area is 92.1 Å². The summed E-state index contributed by atoms with van der Waals surface area (Å²) >= 11 is 0. The Balaban J connectivity index is 2.13. The number of hydrogen-bond acceptors (Lipinski definition) is 2. The average molecular weight is 204 g/mol. The van der Waals surface area contributed by atoms with E-state index >= 15 is 0 Å². The van der Waals surface area contributed by atoms with Crippen molar-refractivity contribution in [3.63, 3.8) is 0 Å². The minimum absolute atomic E-state index is 0.904. The van der Waals surface area contributed by atoms with Gasteiger partial charge in [0.2, 0.25) is 0 Å². The van der Waals surface area contributed by atoms with Crippen molar-refractivity contribution in [3.05, 3.63) is 23.8 Å². The third-order valence-electron chi connectivity index (χ3n) is 3.19. The summed E-state index contributed by atoms with van der Waals surface area (Å²) in [6, 6.07) is 6.39. The fourth-order valence-corrected chi connectivity index (χ4v) is 1.85. The Morgan fingerprint density at radius 1 is 1.40 bits per heavy atom. The van der Waals surface area contributed by atoms with Gasteiger partial charge >= 0.3 is 0 Å². The molecule has 0 atom stereocenters. The molecular weight excluding hydrogens is 184 g/mol. The third kappa shape index (κ3) is 2.44. The molecule has 2 nitrogen and oxygen atoms in total. The van der Waals surface area contributed by atoms with Gasteiger partial charge in [0.25, 0.3) is 0 Å². The molecule has 0 amide bonds. The molecule has 2 N–H and O–H groups in total. The van der Waals surface area contributed by atoms with Crippen LogP contribution in [0.1, 0.15) is 25.3 Å². The van der Waals surface area contributed by atoms with Gasteiger partial charge in [-0.1, -0.05) is 6.07 Å². The zero-order valence-corrected chi connectivity index (χ0v) is 9.66. The topological polar surface area (TPSA) is 29.3 Å². The second kappa shape index (κ2) is 4.13. The van der Waals surface area contributed by atoms with Crippen molar-refractivity contribution in [1.29, 1.82) is 0 Å². The van der Waals surface area contributed by atoms with Crippen LogP contribution in [0, 0.1) is 12.8 Å². The largest absolute Gasteiger partial charge is 0.398 e. The first-order valence-electron chi connectivity index (χ1n) is 5.81. The van der Waals surface area contributed by atoms with E-state index in [0.717, 1.165) is 18.2 Å². The molecule has 1 aromatic rings. The van der Waals surface area contributed by atoms with Gasteiger partial charge in [-0.25, -0.2) is 0 Å². The number of nitrogens with zero attached hydrogens (tertiary/aromatic N) is 1. The highest BCUT2D eigenvalue weighted by molar-refractivity contribution is 5.59. The first-order valence-corrected chi connectivity index (χ1v) is 5.81. The smallest absolute Gasteiger partial charge is 0.0387 e. The van der Waals surface area contributed by atoms with Crippen molar-refractivity contribution in [3.8, 4) is 0 Å². The van der Waals surface area contributed by atoms with E-state index < -0.39 is 0 Å². The van der Waals surface area contributed by atoms with Gasteiger partial charge in [0.1, 0.15) is 0 Å². The molecule has 0 radical (unpaired) electrons. The van der Waals surface area contributed by atoms with Gasteiger partial charge < -0.3 is 10.6 Å². The van der Waals surface area contributed by atoms with Crippen LogP contribution in [0.25, 0.3) is 0 Å². The Kier molecular flexibility index (Phi) is 2.85. The first kappa shape index (κ1) is 10.3. The summed E-state index contributed by atoms with van der Waals surface area (Å²) in [4.78, 5) is 2.42. The van der Waals surface area contributed by atoms with Crippen LogP contribution in [0.15, 0.2) is 18.2 Å². The van der Waals surface area contributed by atoms with Crippen LogP contribution in [0.2, 0.25) is 0 Å². The molecule has 82 valence electrons. The summed E-state index contributed by atoms with van der Waals surface area (Å²) in [6.07, 6.45) is 2.80. The lowest BCUT2D eigenvalue weighted by molar-refractivity contribution is 0.742. The van der Waals surface area contributed by atoms with Crippen LogP contribution in [0.4, 0.5) is 11.4 Å². The third-order valence-corrected chi connectivity index (χ3v) is 3.19. The highest BCUT2D eigenvalue weighted by atomic mass is 15.1. The van der Waals surface area contributed by atoms with Crippen LogP contribution in [0.5, 0.6) is 0 Å². The van der Waals surface area contributed by atoms with Crippen molar-refractivity contribution < 1.29 is 0 Å². The predicted octanol–water partition coefficient (Wildman–Crippen LogP) is 2.81. The molecule has 0 bridgehead atoms. The molecule has 2 heteroatoms. The lowest BCUT2D eigenvalue weighted by Crippen LogP contribution is -2.25. The Hall–Kier alpha value is -1.18. The van der Waals surface area contributed by atoms with Crippen molar-refractivity contribution in [2.45, 2.75) is 26.7 Å². The zero-order valence-electron chi connectivity index (χ0n) is 9.66. The van der Waals surface area contributed by atoms with E-state index in [-0.39, 0.29) is 0 Å². The van der Waals surface area contributed by atoms with E-state index in [9.17, 15) is 0 Å². The lowest BCUT2D eigenvalue weighted by Gasteiger charge is -2.23. The van der Waals surface area contributed by atoms with Crippen molar-refractivity contribution in [1.82, 2.24) is 0 Å². The normalized spacial score (nSPS) is 15.3. The van der Waals surface area contributed by atoms with E-state index in [1.807, 2.05) is 0 Å². The molecule has 1 aromatic carbocycles. The van der Waals surface area contributed by atoms with Crippen LogP contribution in [0.3, 0.4) is 0 Å².